The standard InChI is InChI=1S/C38H47N3O7/c1-5-7-15-31(43)47-24-28(27-13-9-8-10-14-27)39-35(44)32-30-18-19-38(48-30)33(32)36(45)41(21-11-12-22-42)34(38)37(46)40(20-6-2)29-23-25(3)16-17-26(29)4/h5-6,8-10,13-14,16-17,23,28,30,32-34,42H,1-2,7,11-12,15,18-22,24H2,3-4H3,(H,39,44)/t28-,30-,32+,33+,34-,38+/m1/s1. The Hall–Kier alpha value is -4.28. The number of fused-ring (bicyclic) bond motifs is 1. The van der Waals surface area contributed by atoms with Crippen LogP contribution in [0.25, 0.3) is 0 Å². The molecule has 5 rings (SSSR count). The van der Waals surface area contributed by atoms with E-state index in [-0.39, 0.29) is 50.4 Å². The number of ether oxygens (including phenoxy) is 2. The third kappa shape index (κ3) is 6.82. The highest BCUT2D eigenvalue weighted by atomic mass is 16.5. The predicted molar refractivity (Wildman–Crippen MR) is 182 cm³/mol. The van der Waals surface area contributed by atoms with Crippen molar-refractivity contribution in [1.82, 2.24) is 10.2 Å². The first-order chi connectivity index (χ1) is 23.2. The minimum atomic E-state index is -1.18. The molecule has 10 nitrogen and oxygen atoms in total. The summed E-state index contributed by atoms with van der Waals surface area (Å²) in [7, 11) is 0. The van der Waals surface area contributed by atoms with Gasteiger partial charge >= 0.3 is 5.97 Å². The maximum Gasteiger partial charge on any atom is 0.306 e. The van der Waals surface area contributed by atoms with Gasteiger partial charge in [0.25, 0.3) is 5.91 Å². The van der Waals surface area contributed by atoms with E-state index in [9.17, 15) is 24.3 Å². The van der Waals surface area contributed by atoms with E-state index in [1.807, 2.05) is 62.4 Å². The molecule has 2 aromatic carbocycles. The first-order valence-corrected chi connectivity index (χ1v) is 16.9. The predicted octanol–water partition coefficient (Wildman–Crippen LogP) is 4.34. The smallest absolute Gasteiger partial charge is 0.306 e. The van der Waals surface area contributed by atoms with Gasteiger partial charge in [-0.1, -0.05) is 54.6 Å². The SMILES string of the molecule is C=CCCC(=O)OC[C@@H](NC(=O)[C@@H]1[C@H]2C(=O)N(CCCCO)[C@H](C(=O)N(CC=C)c3cc(C)ccc3C)[C@]23CC[C@H]1O3)c1ccccc1. The minimum absolute atomic E-state index is 0.0388. The van der Waals surface area contributed by atoms with Crippen LogP contribution in [0.15, 0.2) is 73.8 Å². The van der Waals surface area contributed by atoms with Crippen molar-refractivity contribution < 1.29 is 33.8 Å². The van der Waals surface area contributed by atoms with Crippen LogP contribution < -0.4 is 10.2 Å². The molecule has 1 spiro atoms. The first-order valence-electron chi connectivity index (χ1n) is 16.9. The van der Waals surface area contributed by atoms with E-state index in [0.29, 0.717) is 32.1 Å². The Morgan fingerprint density at radius 3 is 2.62 bits per heavy atom. The van der Waals surface area contributed by atoms with Gasteiger partial charge in [-0.3, -0.25) is 19.2 Å². The molecule has 3 fully saturated rings. The zero-order chi connectivity index (χ0) is 34.4. The number of carbonyl (C=O) groups is 4. The fourth-order valence-corrected chi connectivity index (χ4v) is 7.60. The molecule has 0 aliphatic carbocycles. The molecule has 2 N–H and O–H groups in total. The molecule has 256 valence electrons. The summed E-state index contributed by atoms with van der Waals surface area (Å²) in [6.45, 7) is 11.8. The van der Waals surface area contributed by atoms with Crippen LogP contribution in [-0.2, 0) is 28.7 Å². The molecule has 0 unspecified atom stereocenters. The number of benzene rings is 2. The summed E-state index contributed by atoms with van der Waals surface area (Å²) < 4.78 is 12.2. The van der Waals surface area contributed by atoms with Crippen LogP contribution >= 0.6 is 0 Å². The molecule has 3 heterocycles. The lowest BCUT2D eigenvalue weighted by Gasteiger charge is -2.37. The van der Waals surface area contributed by atoms with Crippen molar-refractivity contribution in [2.24, 2.45) is 11.8 Å². The van der Waals surface area contributed by atoms with Gasteiger partial charge < -0.3 is 29.7 Å². The number of amides is 3. The van der Waals surface area contributed by atoms with Gasteiger partial charge in [0.2, 0.25) is 11.8 Å². The van der Waals surface area contributed by atoms with E-state index in [1.165, 1.54) is 0 Å². The average molecular weight is 658 g/mol. The summed E-state index contributed by atoms with van der Waals surface area (Å²) in [5.74, 6) is -3.04. The van der Waals surface area contributed by atoms with Crippen molar-refractivity contribution in [2.45, 2.75) is 76.2 Å². The second-order valence-electron chi connectivity index (χ2n) is 13.0. The number of anilines is 1. The van der Waals surface area contributed by atoms with Crippen LogP contribution in [0.3, 0.4) is 0 Å². The number of esters is 1. The van der Waals surface area contributed by atoms with Crippen LogP contribution in [0.2, 0.25) is 0 Å². The summed E-state index contributed by atoms with van der Waals surface area (Å²) in [6.07, 6.45) is 5.37. The van der Waals surface area contributed by atoms with Crippen molar-refractivity contribution in [3.05, 3.63) is 90.5 Å². The van der Waals surface area contributed by atoms with Gasteiger partial charge in [-0.15, -0.1) is 13.2 Å². The zero-order valence-corrected chi connectivity index (χ0v) is 27.9. The van der Waals surface area contributed by atoms with E-state index >= 15 is 0 Å². The summed E-state index contributed by atoms with van der Waals surface area (Å²) in [4.78, 5) is 59.1. The zero-order valence-electron chi connectivity index (χ0n) is 27.9. The number of rotatable bonds is 16. The van der Waals surface area contributed by atoms with Gasteiger partial charge in [-0.05, 0) is 68.7 Å². The number of nitrogens with one attached hydrogen (secondary N) is 1. The summed E-state index contributed by atoms with van der Waals surface area (Å²) >= 11 is 0. The molecule has 6 atom stereocenters. The molecule has 0 aromatic heterocycles. The molecular weight excluding hydrogens is 610 g/mol. The van der Waals surface area contributed by atoms with Gasteiger partial charge in [0.1, 0.15) is 18.2 Å². The van der Waals surface area contributed by atoms with Crippen LogP contribution in [0.5, 0.6) is 0 Å². The summed E-state index contributed by atoms with van der Waals surface area (Å²) in [6, 6.07) is 13.5. The molecule has 2 aromatic rings. The lowest BCUT2D eigenvalue weighted by molar-refractivity contribution is -0.146. The normalized spacial score (nSPS) is 24.6. The van der Waals surface area contributed by atoms with Gasteiger partial charge in [0.15, 0.2) is 0 Å². The van der Waals surface area contributed by atoms with E-state index in [0.717, 1.165) is 22.4 Å². The molecule has 0 saturated carbocycles. The topological polar surface area (TPSA) is 125 Å². The molecule has 48 heavy (non-hydrogen) atoms. The Labute approximate surface area is 282 Å². The largest absolute Gasteiger partial charge is 0.463 e. The van der Waals surface area contributed by atoms with Crippen molar-refractivity contribution in [1.29, 1.82) is 0 Å². The highest BCUT2D eigenvalue weighted by Crippen LogP contribution is 2.58. The lowest BCUT2D eigenvalue weighted by atomic mass is 9.70. The molecule has 10 heteroatoms. The maximum atomic E-state index is 14.8. The fraction of sp³-hybridized carbons (Fsp3) is 0.474. The van der Waals surface area contributed by atoms with E-state index in [2.05, 4.69) is 18.5 Å². The van der Waals surface area contributed by atoms with Crippen LogP contribution in [-0.4, -0.2) is 77.7 Å². The number of carbonyl (C=O) groups excluding carboxylic acids is 4. The van der Waals surface area contributed by atoms with E-state index in [4.69, 9.17) is 9.47 Å². The molecular formula is C38H47N3O7. The van der Waals surface area contributed by atoms with Gasteiger partial charge in [0, 0.05) is 31.8 Å². The molecule has 3 saturated heterocycles. The number of nitrogens with zero attached hydrogens (tertiary/aromatic N) is 2. The second-order valence-corrected chi connectivity index (χ2v) is 13.0. The minimum Gasteiger partial charge on any atom is -0.463 e. The Morgan fingerprint density at radius 2 is 1.92 bits per heavy atom. The monoisotopic (exact) mass is 657 g/mol. The number of hydrogen-bond donors (Lipinski definition) is 2. The van der Waals surface area contributed by atoms with Crippen molar-refractivity contribution in [2.75, 3.05) is 31.2 Å². The molecule has 0 radical (unpaired) electrons. The summed E-state index contributed by atoms with van der Waals surface area (Å²) in [5.41, 5.74) is 2.21. The van der Waals surface area contributed by atoms with Crippen LogP contribution in [0.1, 0.15) is 61.3 Å². The molecule has 2 bridgehead atoms. The third-order valence-corrected chi connectivity index (χ3v) is 9.86. The Kier molecular flexibility index (Phi) is 11.2. The number of aliphatic hydroxyl groups excluding tert-OH is 1. The van der Waals surface area contributed by atoms with E-state index < -0.39 is 41.6 Å². The molecule has 3 aliphatic heterocycles. The number of likely N-dealkylation sites (tertiary alicyclic amines) is 1. The fourth-order valence-electron chi connectivity index (χ4n) is 7.60. The number of hydrogen-bond acceptors (Lipinski definition) is 7. The number of allylic oxidation sites excluding steroid dienone is 1. The van der Waals surface area contributed by atoms with Crippen molar-refractivity contribution in [3.63, 3.8) is 0 Å². The van der Waals surface area contributed by atoms with Gasteiger partial charge in [0.05, 0.1) is 24.0 Å². The highest BCUT2D eigenvalue weighted by molar-refractivity contribution is 6.05. The molecule has 3 aliphatic rings. The van der Waals surface area contributed by atoms with E-state index in [1.54, 1.807) is 22.0 Å². The third-order valence-electron chi connectivity index (χ3n) is 9.86. The first kappa shape index (κ1) is 35.0. The van der Waals surface area contributed by atoms with Crippen molar-refractivity contribution >= 4 is 29.4 Å². The van der Waals surface area contributed by atoms with Crippen LogP contribution in [0, 0.1) is 25.7 Å². The lowest BCUT2D eigenvalue weighted by Crippen LogP contribution is -2.56. The maximum absolute atomic E-state index is 14.8. The Balaban J connectivity index is 1.46. The summed E-state index contributed by atoms with van der Waals surface area (Å²) in [5, 5.41) is 12.6. The average Bonchev–Trinajstić information content (AvgIpc) is 3.73. The highest BCUT2D eigenvalue weighted by Gasteiger charge is 2.74. The molecule has 3 amide bonds. The second kappa shape index (κ2) is 15.3. The quantitative estimate of drug-likeness (QED) is 0.156. The number of unbranched alkanes of at least 4 members (excludes halogenated alkanes) is 1. The Bertz CT molecular complexity index is 1530. The Morgan fingerprint density at radius 1 is 1.15 bits per heavy atom. The number of aryl methyl sites for hydroxylation is 2. The number of aliphatic hydroxyl groups is 1. The van der Waals surface area contributed by atoms with Gasteiger partial charge in [-0.2, -0.15) is 0 Å². The van der Waals surface area contributed by atoms with Gasteiger partial charge in [-0.25, -0.2) is 0 Å². The van der Waals surface area contributed by atoms with Crippen LogP contribution in [0.4, 0.5) is 5.69 Å². The van der Waals surface area contributed by atoms with Crippen molar-refractivity contribution in [3.8, 4) is 0 Å².